The Balaban J connectivity index is 1.87. The number of thiophene rings is 1. The maximum absolute atomic E-state index is 4.79. The first-order valence-electron chi connectivity index (χ1n) is 8.37. The average molecular weight is 346 g/mol. The van der Waals surface area contributed by atoms with Crippen LogP contribution >= 0.6 is 11.3 Å². The van der Waals surface area contributed by atoms with Crippen LogP contribution in [0.1, 0.15) is 34.7 Å². The molecule has 0 aliphatic carbocycles. The fourth-order valence-electron chi connectivity index (χ4n) is 2.58. The van der Waals surface area contributed by atoms with Crippen molar-refractivity contribution >= 4 is 34.1 Å². The highest BCUT2D eigenvalue weighted by molar-refractivity contribution is 7.16. The second kappa shape index (κ2) is 7.58. The van der Waals surface area contributed by atoms with Crippen LogP contribution in [-0.2, 0) is 0 Å². The predicted molar refractivity (Wildman–Crippen MR) is 110 cm³/mol. The van der Waals surface area contributed by atoms with E-state index in [-0.39, 0.29) is 0 Å². The zero-order valence-corrected chi connectivity index (χ0v) is 15.9. The van der Waals surface area contributed by atoms with Gasteiger partial charge in [0, 0.05) is 9.75 Å². The molecular formula is C22H22N2S. The third-order valence-electron chi connectivity index (χ3n) is 4.13. The Morgan fingerprint density at radius 3 is 1.44 bits per heavy atom. The smallest absolute Gasteiger partial charge is 0.0662 e. The molecule has 0 aliphatic heterocycles. The number of aliphatic imine (C=N–C) groups is 2. The number of aryl methyl sites for hydroxylation is 2. The lowest BCUT2D eigenvalue weighted by Crippen LogP contribution is -1.91. The molecular weight excluding hydrogens is 324 g/mol. The molecule has 2 aromatic carbocycles. The molecule has 0 bridgehead atoms. The molecule has 0 aliphatic rings. The van der Waals surface area contributed by atoms with E-state index in [9.17, 15) is 0 Å². The van der Waals surface area contributed by atoms with Gasteiger partial charge in [0.15, 0.2) is 0 Å². The Bertz CT molecular complexity index is 872. The highest BCUT2D eigenvalue weighted by Gasteiger charge is 2.07. The largest absolute Gasteiger partial charge is 0.252 e. The third kappa shape index (κ3) is 4.12. The van der Waals surface area contributed by atoms with Crippen molar-refractivity contribution in [2.24, 2.45) is 9.98 Å². The number of hydrogen-bond acceptors (Lipinski definition) is 3. The van der Waals surface area contributed by atoms with E-state index >= 15 is 0 Å². The number of nitrogens with zero attached hydrogens (tertiary/aromatic N) is 2. The van der Waals surface area contributed by atoms with E-state index in [4.69, 9.17) is 9.98 Å². The quantitative estimate of drug-likeness (QED) is 0.473. The Labute approximate surface area is 153 Å². The fourth-order valence-corrected chi connectivity index (χ4v) is 3.47. The molecule has 0 saturated heterocycles. The molecule has 1 heterocycles. The summed E-state index contributed by atoms with van der Waals surface area (Å²) in [6, 6.07) is 20.7. The van der Waals surface area contributed by atoms with Gasteiger partial charge < -0.3 is 0 Å². The van der Waals surface area contributed by atoms with Crippen LogP contribution in [0, 0.1) is 13.8 Å². The van der Waals surface area contributed by atoms with Gasteiger partial charge >= 0.3 is 0 Å². The molecule has 3 heteroatoms. The molecule has 0 unspecified atom stereocenters. The Morgan fingerprint density at radius 1 is 0.640 bits per heavy atom. The van der Waals surface area contributed by atoms with Crippen molar-refractivity contribution in [3.8, 4) is 0 Å². The maximum atomic E-state index is 4.79. The van der Waals surface area contributed by atoms with E-state index in [1.54, 1.807) is 11.3 Å². The average Bonchev–Trinajstić information content (AvgIpc) is 3.09. The Hall–Kier alpha value is -2.52. The summed E-state index contributed by atoms with van der Waals surface area (Å²) < 4.78 is 0. The van der Waals surface area contributed by atoms with Crippen molar-refractivity contribution in [3.63, 3.8) is 0 Å². The molecule has 0 atom stereocenters. The summed E-state index contributed by atoms with van der Waals surface area (Å²) >= 11 is 1.74. The second-order valence-electron chi connectivity index (χ2n) is 6.13. The maximum Gasteiger partial charge on any atom is 0.0662 e. The summed E-state index contributed by atoms with van der Waals surface area (Å²) in [5.74, 6) is 0. The summed E-state index contributed by atoms with van der Waals surface area (Å²) in [6.07, 6.45) is 0. The van der Waals surface area contributed by atoms with Gasteiger partial charge in [-0.1, -0.05) is 36.4 Å². The minimum atomic E-state index is 1.03. The molecule has 2 nitrogen and oxygen atoms in total. The van der Waals surface area contributed by atoms with Crippen LogP contribution in [0.25, 0.3) is 0 Å². The van der Waals surface area contributed by atoms with E-state index in [0.717, 1.165) is 22.8 Å². The summed E-state index contributed by atoms with van der Waals surface area (Å²) in [7, 11) is 0. The van der Waals surface area contributed by atoms with Gasteiger partial charge in [0.2, 0.25) is 0 Å². The van der Waals surface area contributed by atoms with Gasteiger partial charge in [-0.2, -0.15) is 0 Å². The highest BCUT2D eigenvalue weighted by Crippen LogP contribution is 2.25. The highest BCUT2D eigenvalue weighted by atomic mass is 32.1. The molecule has 1 aromatic heterocycles. The van der Waals surface area contributed by atoms with E-state index in [1.807, 2.05) is 24.3 Å². The van der Waals surface area contributed by atoms with E-state index in [0.29, 0.717) is 0 Å². The van der Waals surface area contributed by atoms with Gasteiger partial charge in [-0.15, -0.1) is 11.3 Å². The first-order valence-corrected chi connectivity index (χ1v) is 9.18. The van der Waals surface area contributed by atoms with Crippen molar-refractivity contribution in [3.05, 3.63) is 81.5 Å². The number of hydrogen-bond donors (Lipinski definition) is 0. The lowest BCUT2D eigenvalue weighted by Gasteiger charge is -2.02. The van der Waals surface area contributed by atoms with Crippen molar-refractivity contribution in [1.29, 1.82) is 0 Å². The van der Waals surface area contributed by atoms with Crippen LogP contribution in [0.2, 0.25) is 0 Å². The number of benzene rings is 2. The standard InChI is InChI=1S/C22H22N2S/c1-15-9-5-7-11-19(15)23-17(3)21-13-14-22(25-21)18(4)24-20-12-8-6-10-16(20)2/h5-14H,1-4H3. The SMILES string of the molecule is CC(=Nc1ccccc1C)c1ccc(C(C)=Nc2ccccc2C)s1. The third-order valence-corrected chi connectivity index (χ3v) is 5.43. The summed E-state index contributed by atoms with van der Waals surface area (Å²) in [5, 5.41) is 0. The lowest BCUT2D eigenvalue weighted by atomic mass is 10.2. The molecule has 25 heavy (non-hydrogen) atoms. The van der Waals surface area contributed by atoms with Gasteiger partial charge in [0.05, 0.1) is 22.8 Å². The van der Waals surface area contributed by atoms with Crippen LogP contribution in [0.4, 0.5) is 11.4 Å². The molecule has 0 spiro atoms. The van der Waals surface area contributed by atoms with Crippen LogP contribution in [0.15, 0.2) is 70.6 Å². The van der Waals surface area contributed by atoms with Gasteiger partial charge in [0.25, 0.3) is 0 Å². The summed E-state index contributed by atoms with van der Waals surface area (Å²) in [4.78, 5) is 11.9. The second-order valence-corrected chi connectivity index (χ2v) is 7.22. The molecule has 0 fully saturated rings. The monoisotopic (exact) mass is 346 g/mol. The number of rotatable bonds is 4. The van der Waals surface area contributed by atoms with Crippen LogP contribution in [0.5, 0.6) is 0 Å². The molecule has 0 amide bonds. The topological polar surface area (TPSA) is 24.7 Å². The van der Waals surface area contributed by atoms with Crippen molar-refractivity contribution in [2.45, 2.75) is 27.7 Å². The zero-order valence-electron chi connectivity index (χ0n) is 15.1. The Morgan fingerprint density at radius 2 is 1.04 bits per heavy atom. The van der Waals surface area contributed by atoms with Gasteiger partial charge in [0.1, 0.15) is 0 Å². The summed E-state index contributed by atoms with van der Waals surface area (Å²) in [6.45, 7) is 8.31. The zero-order chi connectivity index (χ0) is 17.8. The molecule has 3 aromatic rings. The number of para-hydroxylation sites is 2. The minimum absolute atomic E-state index is 1.03. The van der Waals surface area contributed by atoms with Crippen LogP contribution < -0.4 is 0 Å². The van der Waals surface area contributed by atoms with E-state index in [1.165, 1.54) is 20.9 Å². The van der Waals surface area contributed by atoms with Crippen LogP contribution in [0.3, 0.4) is 0 Å². The first kappa shape index (κ1) is 17.3. The van der Waals surface area contributed by atoms with Crippen molar-refractivity contribution in [1.82, 2.24) is 0 Å². The van der Waals surface area contributed by atoms with E-state index < -0.39 is 0 Å². The van der Waals surface area contributed by atoms with Gasteiger partial charge in [-0.3, -0.25) is 9.98 Å². The Kier molecular flexibility index (Phi) is 5.25. The first-order chi connectivity index (χ1) is 12.0. The molecule has 3 rings (SSSR count). The van der Waals surface area contributed by atoms with Crippen molar-refractivity contribution < 1.29 is 0 Å². The van der Waals surface area contributed by atoms with Gasteiger partial charge in [-0.05, 0) is 63.1 Å². The molecule has 0 saturated carbocycles. The minimum Gasteiger partial charge on any atom is -0.252 e. The predicted octanol–water partition coefficient (Wildman–Crippen LogP) is 6.65. The molecule has 0 radical (unpaired) electrons. The van der Waals surface area contributed by atoms with E-state index in [2.05, 4.69) is 64.1 Å². The van der Waals surface area contributed by atoms with Crippen LogP contribution in [-0.4, -0.2) is 11.4 Å². The normalized spacial score (nSPS) is 12.5. The molecule has 0 N–H and O–H groups in total. The van der Waals surface area contributed by atoms with Gasteiger partial charge in [-0.25, -0.2) is 0 Å². The van der Waals surface area contributed by atoms with Crippen molar-refractivity contribution in [2.75, 3.05) is 0 Å². The summed E-state index contributed by atoms with van der Waals surface area (Å²) in [5.41, 5.74) is 6.51. The molecule has 126 valence electrons. The fraction of sp³-hybridized carbons (Fsp3) is 0.182. The lowest BCUT2D eigenvalue weighted by molar-refractivity contribution is 1.39.